The van der Waals surface area contributed by atoms with Crippen molar-refractivity contribution < 1.29 is 9.53 Å². The van der Waals surface area contributed by atoms with E-state index in [0.29, 0.717) is 25.0 Å². The number of nitrogens with zero attached hydrogens (tertiary/aromatic N) is 3. The lowest BCUT2D eigenvalue weighted by atomic mass is 9.91. The van der Waals surface area contributed by atoms with Gasteiger partial charge in [-0.05, 0) is 37.5 Å². The SMILES string of the molecule is N[C@H]1CCCN(c2ccncc2C2(N)CC(NC(=O)c3csc4cccnc34)CCO2)C1. The normalized spacial score (nSPS) is 26.2. The molecule has 2 aliphatic heterocycles. The summed E-state index contributed by atoms with van der Waals surface area (Å²) < 4.78 is 7.10. The Labute approximate surface area is 191 Å². The summed E-state index contributed by atoms with van der Waals surface area (Å²) in [5.41, 5.74) is 15.2. The summed E-state index contributed by atoms with van der Waals surface area (Å²) in [7, 11) is 0. The molecule has 9 heteroatoms. The van der Waals surface area contributed by atoms with Gasteiger partial charge in [0, 0.05) is 66.8 Å². The number of ether oxygens (including phenoxy) is 1. The number of aromatic nitrogens is 2. The zero-order valence-electron chi connectivity index (χ0n) is 17.9. The van der Waals surface area contributed by atoms with Crippen LogP contribution in [0.25, 0.3) is 10.2 Å². The first kappa shape index (κ1) is 21.3. The van der Waals surface area contributed by atoms with Crippen molar-refractivity contribution in [2.24, 2.45) is 11.5 Å². The van der Waals surface area contributed by atoms with Gasteiger partial charge in [-0.1, -0.05) is 0 Å². The molecule has 2 unspecified atom stereocenters. The average molecular weight is 453 g/mol. The standard InChI is InChI=1S/C23H28N6O2S/c24-15-3-2-9-29(13-15)19-5-8-26-12-18(19)23(25)11-16(6-10-31-23)28-22(30)17-14-32-20-4-1-7-27-21(17)20/h1,4-5,7-8,12,14-16H,2-3,6,9-11,13,24-25H2,(H,28,30)/t15-,16?,23?/m0/s1. The van der Waals surface area contributed by atoms with Gasteiger partial charge in [0.25, 0.3) is 5.91 Å². The Kier molecular flexibility index (Phi) is 5.81. The first-order valence-electron chi connectivity index (χ1n) is 11.0. The molecule has 2 aliphatic rings. The summed E-state index contributed by atoms with van der Waals surface area (Å²) in [5.74, 6) is -0.127. The molecule has 1 amide bonds. The minimum Gasteiger partial charge on any atom is -0.370 e. The molecule has 2 fully saturated rings. The van der Waals surface area contributed by atoms with Gasteiger partial charge in [-0.25, -0.2) is 0 Å². The Morgan fingerprint density at radius 1 is 1.31 bits per heavy atom. The number of amides is 1. The van der Waals surface area contributed by atoms with Crippen LogP contribution in [0.4, 0.5) is 5.69 Å². The largest absolute Gasteiger partial charge is 0.370 e. The van der Waals surface area contributed by atoms with Crippen LogP contribution in [-0.4, -0.2) is 47.7 Å². The summed E-state index contributed by atoms with van der Waals surface area (Å²) in [6.45, 7) is 2.17. The van der Waals surface area contributed by atoms with Crippen LogP contribution in [0.2, 0.25) is 0 Å². The van der Waals surface area contributed by atoms with Crippen molar-refractivity contribution >= 4 is 33.1 Å². The predicted octanol–water partition coefficient (Wildman–Crippen LogP) is 2.34. The molecule has 2 saturated heterocycles. The summed E-state index contributed by atoms with van der Waals surface area (Å²) in [6.07, 6.45) is 8.51. The van der Waals surface area contributed by atoms with Crippen LogP contribution in [0.5, 0.6) is 0 Å². The van der Waals surface area contributed by atoms with E-state index in [2.05, 4.69) is 20.2 Å². The lowest BCUT2D eigenvalue weighted by molar-refractivity contribution is -0.0889. The average Bonchev–Trinajstić information content (AvgIpc) is 3.24. The zero-order chi connectivity index (χ0) is 22.1. The number of fused-ring (bicyclic) bond motifs is 1. The molecule has 5 heterocycles. The molecule has 0 aromatic carbocycles. The van der Waals surface area contributed by atoms with Gasteiger partial charge in [0.2, 0.25) is 0 Å². The lowest BCUT2D eigenvalue weighted by Crippen LogP contribution is -2.53. The second-order valence-electron chi connectivity index (χ2n) is 8.64. The van der Waals surface area contributed by atoms with Crippen LogP contribution < -0.4 is 21.7 Å². The molecule has 8 nitrogen and oxygen atoms in total. The van der Waals surface area contributed by atoms with E-state index in [9.17, 15) is 4.79 Å². The minimum atomic E-state index is -1.03. The molecule has 32 heavy (non-hydrogen) atoms. The highest BCUT2D eigenvalue weighted by atomic mass is 32.1. The van der Waals surface area contributed by atoms with Crippen LogP contribution in [0.15, 0.2) is 42.2 Å². The molecule has 168 valence electrons. The number of anilines is 1. The van der Waals surface area contributed by atoms with Gasteiger partial charge >= 0.3 is 0 Å². The number of carbonyl (C=O) groups excluding carboxylic acids is 1. The molecule has 5 N–H and O–H groups in total. The number of rotatable bonds is 4. The van der Waals surface area contributed by atoms with Crippen LogP contribution >= 0.6 is 11.3 Å². The molecule has 0 aliphatic carbocycles. The molecule has 0 saturated carbocycles. The summed E-state index contributed by atoms with van der Waals surface area (Å²) in [5, 5.41) is 5.02. The number of nitrogens with two attached hydrogens (primary N) is 2. The molecule has 0 spiro atoms. The summed E-state index contributed by atoms with van der Waals surface area (Å²) in [6, 6.07) is 5.86. The molecule has 3 atom stereocenters. The third-order valence-electron chi connectivity index (χ3n) is 6.34. The maximum absolute atomic E-state index is 13.0. The molecule has 0 bridgehead atoms. The quantitative estimate of drug-likeness (QED) is 0.556. The van der Waals surface area contributed by atoms with E-state index in [1.807, 2.05) is 23.6 Å². The fourth-order valence-corrected chi connectivity index (χ4v) is 5.62. The summed E-state index contributed by atoms with van der Waals surface area (Å²) in [4.78, 5) is 24.0. The van der Waals surface area contributed by atoms with Gasteiger partial charge in [0.05, 0.1) is 22.4 Å². The second-order valence-corrected chi connectivity index (χ2v) is 9.55. The van der Waals surface area contributed by atoms with Gasteiger partial charge in [-0.15, -0.1) is 11.3 Å². The fraction of sp³-hybridized carbons (Fsp3) is 0.435. The highest BCUT2D eigenvalue weighted by Gasteiger charge is 2.39. The second kappa shape index (κ2) is 8.74. The zero-order valence-corrected chi connectivity index (χ0v) is 18.7. The highest BCUT2D eigenvalue weighted by molar-refractivity contribution is 7.17. The van der Waals surface area contributed by atoms with E-state index in [4.69, 9.17) is 16.2 Å². The first-order valence-corrected chi connectivity index (χ1v) is 11.9. The van der Waals surface area contributed by atoms with E-state index in [1.165, 1.54) is 11.3 Å². The molecule has 3 aromatic rings. The Hall–Kier alpha value is -2.59. The molecule has 3 aromatic heterocycles. The third kappa shape index (κ3) is 4.09. The fourth-order valence-electron chi connectivity index (χ4n) is 4.73. The van der Waals surface area contributed by atoms with Crippen molar-refractivity contribution in [2.45, 2.75) is 43.5 Å². The van der Waals surface area contributed by atoms with Gasteiger partial charge < -0.3 is 20.7 Å². The van der Waals surface area contributed by atoms with E-state index in [0.717, 1.165) is 47.4 Å². The summed E-state index contributed by atoms with van der Waals surface area (Å²) >= 11 is 1.52. The number of piperidine rings is 1. The molecular formula is C23H28N6O2S. The van der Waals surface area contributed by atoms with Crippen LogP contribution in [-0.2, 0) is 10.5 Å². The van der Waals surface area contributed by atoms with E-state index >= 15 is 0 Å². The molecular weight excluding hydrogens is 424 g/mol. The number of thiophene rings is 1. The van der Waals surface area contributed by atoms with Gasteiger partial charge in [-0.3, -0.25) is 20.5 Å². The van der Waals surface area contributed by atoms with Gasteiger partial charge in [0.15, 0.2) is 0 Å². The van der Waals surface area contributed by atoms with E-state index in [-0.39, 0.29) is 18.0 Å². The third-order valence-corrected chi connectivity index (χ3v) is 7.27. The topological polar surface area (TPSA) is 119 Å². The van der Waals surface area contributed by atoms with Crippen LogP contribution in [0.1, 0.15) is 41.6 Å². The maximum Gasteiger partial charge on any atom is 0.254 e. The Morgan fingerprint density at radius 3 is 3.09 bits per heavy atom. The van der Waals surface area contributed by atoms with E-state index < -0.39 is 5.72 Å². The first-order chi connectivity index (χ1) is 15.5. The molecule has 0 radical (unpaired) electrons. The lowest BCUT2D eigenvalue weighted by Gasteiger charge is -2.41. The predicted molar refractivity (Wildman–Crippen MR) is 126 cm³/mol. The number of hydrogen-bond acceptors (Lipinski definition) is 8. The van der Waals surface area contributed by atoms with E-state index in [1.54, 1.807) is 18.6 Å². The molecule has 5 rings (SSSR count). The number of nitrogens with one attached hydrogen (secondary N) is 1. The van der Waals surface area contributed by atoms with Crippen molar-refractivity contribution in [1.82, 2.24) is 15.3 Å². The highest BCUT2D eigenvalue weighted by Crippen LogP contribution is 2.37. The van der Waals surface area contributed by atoms with Crippen molar-refractivity contribution in [2.75, 3.05) is 24.6 Å². The minimum absolute atomic E-state index is 0.114. The Morgan fingerprint density at radius 2 is 2.22 bits per heavy atom. The number of carbonyl (C=O) groups is 1. The van der Waals surface area contributed by atoms with Gasteiger partial charge in [0.1, 0.15) is 5.72 Å². The van der Waals surface area contributed by atoms with Crippen LogP contribution in [0, 0.1) is 0 Å². The number of pyridine rings is 2. The Balaban J connectivity index is 1.36. The van der Waals surface area contributed by atoms with Crippen molar-refractivity contribution in [3.8, 4) is 0 Å². The number of hydrogen-bond donors (Lipinski definition) is 3. The van der Waals surface area contributed by atoms with Crippen molar-refractivity contribution in [1.29, 1.82) is 0 Å². The van der Waals surface area contributed by atoms with Gasteiger partial charge in [-0.2, -0.15) is 0 Å². The monoisotopic (exact) mass is 452 g/mol. The Bertz CT molecular complexity index is 1120. The van der Waals surface area contributed by atoms with Crippen LogP contribution in [0.3, 0.4) is 0 Å². The smallest absolute Gasteiger partial charge is 0.254 e. The van der Waals surface area contributed by atoms with Crippen molar-refractivity contribution in [3.63, 3.8) is 0 Å². The van der Waals surface area contributed by atoms with Crippen molar-refractivity contribution in [3.05, 3.63) is 53.3 Å². The maximum atomic E-state index is 13.0.